The lowest BCUT2D eigenvalue weighted by molar-refractivity contribution is 0.204. The molecule has 0 radical (unpaired) electrons. The maximum Gasteiger partial charge on any atom is 0.240 e. The van der Waals surface area contributed by atoms with E-state index in [1.54, 1.807) is 22.9 Å². The van der Waals surface area contributed by atoms with E-state index in [1.807, 2.05) is 20.0 Å². The molecule has 154 valence electrons. The average Bonchev–Trinajstić information content (AvgIpc) is 3.09. The maximum atomic E-state index is 12.3. The largest absolute Gasteiger partial charge is 0.383 e. The number of hydrogen-bond acceptors (Lipinski definition) is 6. The second-order valence-corrected chi connectivity index (χ2v) is 7.65. The summed E-state index contributed by atoms with van der Waals surface area (Å²) in [4.78, 5) is 8.87. The third kappa shape index (κ3) is 6.59. The van der Waals surface area contributed by atoms with Crippen molar-refractivity contribution in [3.05, 3.63) is 42.0 Å². The molecule has 0 aliphatic carbocycles. The summed E-state index contributed by atoms with van der Waals surface area (Å²) >= 11 is 0. The smallest absolute Gasteiger partial charge is 0.240 e. The molecule has 0 aliphatic heterocycles. The highest BCUT2D eigenvalue weighted by Gasteiger charge is 2.13. The van der Waals surface area contributed by atoms with Crippen LogP contribution in [0.1, 0.15) is 18.3 Å². The van der Waals surface area contributed by atoms with E-state index in [0.29, 0.717) is 32.2 Å². The van der Waals surface area contributed by atoms with Crippen LogP contribution in [0.5, 0.6) is 0 Å². The fraction of sp³-hybridized carbons (Fsp3) is 0.471. The van der Waals surface area contributed by atoms with Crippen LogP contribution in [0.4, 0.5) is 0 Å². The van der Waals surface area contributed by atoms with Crippen LogP contribution in [0, 0.1) is 0 Å². The Hall–Kier alpha value is -2.50. The lowest BCUT2D eigenvalue weighted by Gasteiger charge is -2.11. The Labute approximate surface area is 165 Å². The highest BCUT2D eigenvalue weighted by Crippen LogP contribution is 2.12. The van der Waals surface area contributed by atoms with Gasteiger partial charge < -0.3 is 15.4 Å². The predicted molar refractivity (Wildman–Crippen MR) is 106 cm³/mol. The molecule has 0 fully saturated rings. The number of sulfonamides is 1. The third-order valence-electron chi connectivity index (χ3n) is 3.79. The number of methoxy groups -OCH3 is 1. The van der Waals surface area contributed by atoms with Crippen LogP contribution in [-0.4, -0.2) is 55.9 Å². The number of hydrogen-bond donors (Lipinski definition) is 3. The van der Waals surface area contributed by atoms with Crippen LogP contribution in [0.3, 0.4) is 0 Å². The second kappa shape index (κ2) is 10.7. The lowest BCUT2D eigenvalue weighted by Crippen LogP contribution is -2.37. The Balaban J connectivity index is 2.04. The summed E-state index contributed by atoms with van der Waals surface area (Å²) in [6.07, 6.45) is 1.49. The van der Waals surface area contributed by atoms with Crippen molar-refractivity contribution in [2.24, 2.45) is 12.0 Å². The van der Waals surface area contributed by atoms with Crippen molar-refractivity contribution in [3.8, 4) is 0 Å². The van der Waals surface area contributed by atoms with Crippen molar-refractivity contribution in [1.82, 2.24) is 30.1 Å². The highest BCUT2D eigenvalue weighted by atomic mass is 32.2. The number of guanidine groups is 1. The van der Waals surface area contributed by atoms with Gasteiger partial charge in [0.15, 0.2) is 5.96 Å². The molecule has 1 aromatic heterocycles. The fourth-order valence-electron chi connectivity index (χ4n) is 2.33. The van der Waals surface area contributed by atoms with Crippen LogP contribution < -0.4 is 15.4 Å². The first-order valence-corrected chi connectivity index (χ1v) is 10.4. The number of ether oxygens (including phenoxy) is 1. The monoisotopic (exact) mass is 409 g/mol. The zero-order valence-corrected chi connectivity index (χ0v) is 17.2. The number of benzene rings is 1. The van der Waals surface area contributed by atoms with Gasteiger partial charge in [-0.15, -0.1) is 0 Å². The van der Waals surface area contributed by atoms with E-state index in [2.05, 4.69) is 30.4 Å². The highest BCUT2D eigenvalue weighted by molar-refractivity contribution is 7.89. The van der Waals surface area contributed by atoms with Crippen molar-refractivity contribution in [2.75, 3.05) is 26.8 Å². The van der Waals surface area contributed by atoms with Gasteiger partial charge in [0.05, 0.1) is 24.6 Å². The summed E-state index contributed by atoms with van der Waals surface area (Å²) in [5, 5.41) is 10.4. The van der Waals surface area contributed by atoms with Crippen LogP contribution in [0.15, 0.2) is 40.5 Å². The van der Waals surface area contributed by atoms with E-state index in [0.717, 1.165) is 11.4 Å². The summed E-state index contributed by atoms with van der Waals surface area (Å²) < 4.78 is 33.7. The standard InChI is InChI=1S/C17H27N7O3S/c1-4-18-17(20-12-16-21-13-22-24(16)2)19-11-14-6-5-7-15(10-14)28(25,26)23-8-9-27-3/h5-7,10,13,23H,4,8-9,11-12H2,1-3H3,(H2,18,19,20). The number of aromatic nitrogens is 3. The van der Waals surface area contributed by atoms with Crippen molar-refractivity contribution >= 4 is 16.0 Å². The average molecular weight is 410 g/mol. The Morgan fingerprint density at radius 2 is 2.14 bits per heavy atom. The van der Waals surface area contributed by atoms with E-state index < -0.39 is 10.0 Å². The van der Waals surface area contributed by atoms with Crippen molar-refractivity contribution in [3.63, 3.8) is 0 Å². The first kappa shape index (κ1) is 21.8. The minimum Gasteiger partial charge on any atom is -0.383 e. The van der Waals surface area contributed by atoms with Gasteiger partial charge in [-0.1, -0.05) is 12.1 Å². The summed E-state index contributed by atoms with van der Waals surface area (Å²) in [7, 11) is -0.235. The number of aryl methyl sites for hydroxylation is 1. The molecule has 2 rings (SSSR count). The Kier molecular flexibility index (Phi) is 8.36. The number of aliphatic imine (C=N–C) groups is 1. The molecular weight excluding hydrogens is 382 g/mol. The summed E-state index contributed by atoms with van der Waals surface area (Å²) in [5.41, 5.74) is 0.783. The Morgan fingerprint density at radius 1 is 1.32 bits per heavy atom. The molecule has 0 amide bonds. The molecule has 0 atom stereocenters. The lowest BCUT2D eigenvalue weighted by atomic mass is 10.2. The van der Waals surface area contributed by atoms with Crippen LogP contribution in [0.2, 0.25) is 0 Å². The summed E-state index contributed by atoms with van der Waals surface area (Å²) in [6.45, 7) is 4.00. The quantitative estimate of drug-likeness (QED) is 0.287. The van der Waals surface area contributed by atoms with Gasteiger partial charge in [-0.3, -0.25) is 4.68 Å². The molecule has 11 heteroatoms. The molecular formula is C17H27N7O3S. The van der Waals surface area contributed by atoms with Gasteiger partial charge >= 0.3 is 0 Å². The van der Waals surface area contributed by atoms with Gasteiger partial charge in [0.25, 0.3) is 0 Å². The van der Waals surface area contributed by atoms with Gasteiger partial charge in [-0.2, -0.15) is 5.10 Å². The molecule has 10 nitrogen and oxygen atoms in total. The molecule has 3 N–H and O–H groups in total. The third-order valence-corrected chi connectivity index (χ3v) is 5.25. The van der Waals surface area contributed by atoms with Gasteiger partial charge in [0, 0.05) is 27.2 Å². The Morgan fingerprint density at radius 3 is 2.82 bits per heavy atom. The first-order chi connectivity index (χ1) is 13.5. The molecule has 0 spiro atoms. The molecule has 0 saturated carbocycles. The topological polar surface area (TPSA) is 123 Å². The summed E-state index contributed by atoms with van der Waals surface area (Å²) in [6, 6.07) is 6.71. The van der Waals surface area contributed by atoms with E-state index in [1.165, 1.54) is 13.4 Å². The molecule has 0 aliphatic rings. The minimum absolute atomic E-state index is 0.202. The first-order valence-electron chi connectivity index (χ1n) is 8.89. The van der Waals surface area contributed by atoms with Crippen LogP contribution in [-0.2, 0) is 34.9 Å². The zero-order chi connectivity index (χ0) is 20.4. The number of nitrogens with zero attached hydrogens (tertiary/aromatic N) is 4. The van der Waals surface area contributed by atoms with Crippen molar-refractivity contribution < 1.29 is 13.2 Å². The molecule has 0 unspecified atom stereocenters. The molecule has 2 aromatic rings. The zero-order valence-electron chi connectivity index (χ0n) is 16.3. The van der Waals surface area contributed by atoms with Gasteiger partial charge in [0.2, 0.25) is 10.0 Å². The van der Waals surface area contributed by atoms with Crippen LogP contribution >= 0.6 is 0 Å². The minimum atomic E-state index is -3.58. The normalized spacial score (nSPS) is 12.2. The van der Waals surface area contributed by atoms with E-state index in [-0.39, 0.29) is 11.4 Å². The molecule has 0 saturated heterocycles. The predicted octanol–water partition coefficient (Wildman–Crippen LogP) is -0.00490. The van der Waals surface area contributed by atoms with E-state index >= 15 is 0 Å². The fourth-order valence-corrected chi connectivity index (χ4v) is 3.41. The maximum absolute atomic E-state index is 12.3. The molecule has 1 heterocycles. The van der Waals surface area contributed by atoms with Gasteiger partial charge in [-0.05, 0) is 24.6 Å². The number of nitrogens with one attached hydrogen (secondary N) is 3. The van der Waals surface area contributed by atoms with Gasteiger partial charge in [0.1, 0.15) is 12.2 Å². The molecule has 1 aromatic carbocycles. The molecule has 28 heavy (non-hydrogen) atoms. The number of rotatable bonds is 10. The van der Waals surface area contributed by atoms with E-state index in [4.69, 9.17) is 4.74 Å². The van der Waals surface area contributed by atoms with E-state index in [9.17, 15) is 8.42 Å². The van der Waals surface area contributed by atoms with Gasteiger partial charge in [-0.25, -0.2) is 23.1 Å². The second-order valence-electron chi connectivity index (χ2n) is 5.89. The summed E-state index contributed by atoms with van der Waals surface area (Å²) in [5.74, 6) is 1.39. The van der Waals surface area contributed by atoms with Crippen molar-refractivity contribution in [2.45, 2.75) is 24.9 Å². The van der Waals surface area contributed by atoms with Crippen molar-refractivity contribution in [1.29, 1.82) is 0 Å². The molecule has 0 bridgehead atoms. The Bertz CT molecular complexity index is 880. The SMILES string of the molecule is CCNC(=NCc1cccc(S(=O)(=O)NCCOC)c1)NCc1ncnn1C. The van der Waals surface area contributed by atoms with Crippen LogP contribution in [0.25, 0.3) is 0 Å².